The van der Waals surface area contributed by atoms with Crippen molar-refractivity contribution in [2.45, 2.75) is 19.9 Å². The second-order valence-corrected chi connectivity index (χ2v) is 7.14. The molecule has 2 amide bonds. The van der Waals surface area contributed by atoms with Crippen LogP contribution in [0.15, 0.2) is 24.3 Å². The van der Waals surface area contributed by atoms with Gasteiger partial charge in [-0.3, -0.25) is 9.59 Å². The number of rotatable bonds is 4. The molecule has 1 aromatic carbocycles. The third-order valence-corrected chi connectivity index (χ3v) is 5.59. The molecular weight excluding hydrogens is 352 g/mol. The molecule has 2 aromatic rings. The van der Waals surface area contributed by atoms with Gasteiger partial charge >= 0.3 is 0 Å². The number of para-hydroxylation sites is 2. The molecule has 8 heteroatoms. The molecule has 1 fully saturated rings. The van der Waals surface area contributed by atoms with Crippen LogP contribution in [0.5, 0.6) is 5.75 Å². The number of carbonyl (C=O) groups excluding carboxylic acids is 2. The fourth-order valence-electron chi connectivity index (χ4n) is 3.04. The van der Waals surface area contributed by atoms with Gasteiger partial charge in [-0.15, -0.1) is 0 Å². The van der Waals surface area contributed by atoms with Gasteiger partial charge in [0.25, 0.3) is 5.91 Å². The molecule has 0 radical (unpaired) electrons. The van der Waals surface area contributed by atoms with E-state index in [2.05, 4.69) is 10.3 Å². The number of nitrogens with zero attached hydrogens (tertiary/aromatic N) is 3. The highest BCUT2D eigenvalue weighted by atomic mass is 32.1. The maximum Gasteiger partial charge on any atom is 0.266 e. The van der Waals surface area contributed by atoms with Gasteiger partial charge in [0.1, 0.15) is 17.2 Å². The molecule has 138 valence electrons. The summed E-state index contributed by atoms with van der Waals surface area (Å²) in [7, 11) is 3.35. The number of piperazine rings is 1. The van der Waals surface area contributed by atoms with E-state index in [1.165, 1.54) is 11.3 Å². The van der Waals surface area contributed by atoms with Crippen LogP contribution in [0.3, 0.4) is 0 Å². The summed E-state index contributed by atoms with van der Waals surface area (Å²) < 4.78 is 5.37. The SMILES string of the molecule is CNc1nc(C)c(C(=O)N2CC(=O)N(c3ccccc3OC)C[C@@H]2C)s1. The molecule has 0 unspecified atom stereocenters. The van der Waals surface area contributed by atoms with Gasteiger partial charge in [-0.05, 0) is 26.0 Å². The number of thiazole rings is 1. The van der Waals surface area contributed by atoms with Crippen LogP contribution in [0.1, 0.15) is 22.3 Å². The van der Waals surface area contributed by atoms with E-state index in [9.17, 15) is 9.59 Å². The fourth-order valence-corrected chi connectivity index (χ4v) is 3.92. The minimum Gasteiger partial charge on any atom is -0.495 e. The third-order valence-electron chi connectivity index (χ3n) is 4.43. The van der Waals surface area contributed by atoms with E-state index in [4.69, 9.17) is 4.74 Å². The Hall–Kier alpha value is -2.61. The van der Waals surface area contributed by atoms with Crippen LogP contribution in [0.2, 0.25) is 0 Å². The van der Waals surface area contributed by atoms with Gasteiger partial charge in [-0.1, -0.05) is 23.5 Å². The Labute approximate surface area is 156 Å². The van der Waals surface area contributed by atoms with Crippen molar-refractivity contribution in [2.24, 2.45) is 0 Å². The first kappa shape index (κ1) is 18.2. The number of amides is 2. The summed E-state index contributed by atoms with van der Waals surface area (Å²) in [5, 5.41) is 3.65. The summed E-state index contributed by atoms with van der Waals surface area (Å²) in [6, 6.07) is 7.29. The van der Waals surface area contributed by atoms with Gasteiger partial charge in [0, 0.05) is 19.6 Å². The van der Waals surface area contributed by atoms with Crippen molar-refractivity contribution in [3.05, 3.63) is 34.8 Å². The fraction of sp³-hybridized carbons (Fsp3) is 0.389. The highest BCUT2D eigenvalue weighted by Crippen LogP contribution is 2.31. The topological polar surface area (TPSA) is 74.8 Å². The number of methoxy groups -OCH3 is 1. The predicted molar refractivity (Wildman–Crippen MR) is 102 cm³/mol. The van der Waals surface area contributed by atoms with Crippen molar-refractivity contribution in [1.82, 2.24) is 9.88 Å². The van der Waals surface area contributed by atoms with E-state index in [0.717, 1.165) is 5.69 Å². The molecule has 7 nitrogen and oxygen atoms in total. The Morgan fingerprint density at radius 3 is 2.77 bits per heavy atom. The first-order chi connectivity index (χ1) is 12.5. The van der Waals surface area contributed by atoms with Crippen molar-refractivity contribution in [2.75, 3.05) is 37.5 Å². The molecular formula is C18H22N4O3S. The molecule has 1 aliphatic rings. The Balaban J connectivity index is 1.83. The normalized spacial score (nSPS) is 17.4. The Kier molecular flexibility index (Phi) is 5.13. The first-order valence-electron chi connectivity index (χ1n) is 8.35. The van der Waals surface area contributed by atoms with E-state index in [-0.39, 0.29) is 24.4 Å². The summed E-state index contributed by atoms with van der Waals surface area (Å²) in [5.74, 6) is 0.365. The zero-order valence-electron chi connectivity index (χ0n) is 15.3. The number of aromatic nitrogens is 1. The summed E-state index contributed by atoms with van der Waals surface area (Å²) in [4.78, 5) is 33.9. The molecule has 1 saturated heterocycles. The zero-order chi connectivity index (χ0) is 18.8. The lowest BCUT2D eigenvalue weighted by atomic mass is 10.1. The maximum absolute atomic E-state index is 12.9. The smallest absolute Gasteiger partial charge is 0.266 e. The predicted octanol–water partition coefficient (Wildman–Crippen LogP) is 2.38. The van der Waals surface area contributed by atoms with E-state index >= 15 is 0 Å². The van der Waals surface area contributed by atoms with E-state index in [0.29, 0.717) is 28.0 Å². The van der Waals surface area contributed by atoms with Crippen molar-refractivity contribution in [1.29, 1.82) is 0 Å². The maximum atomic E-state index is 12.9. The van der Waals surface area contributed by atoms with Crippen LogP contribution >= 0.6 is 11.3 Å². The lowest BCUT2D eigenvalue weighted by Gasteiger charge is -2.39. The molecule has 1 atom stereocenters. The Morgan fingerprint density at radius 2 is 2.12 bits per heavy atom. The molecule has 1 aromatic heterocycles. The third kappa shape index (κ3) is 3.24. The first-order valence-corrected chi connectivity index (χ1v) is 9.17. The van der Waals surface area contributed by atoms with Crippen LogP contribution in [0.4, 0.5) is 10.8 Å². The Morgan fingerprint density at radius 1 is 1.38 bits per heavy atom. The standard InChI is InChI=1S/C18H22N4O3S/c1-11-9-22(13-7-5-6-8-14(13)25-4)15(23)10-21(11)17(24)16-12(2)20-18(19-3)26-16/h5-8,11H,9-10H2,1-4H3,(H,19,20)/t11-/m0/s1. The Bertz CT molecular complexity index is 836. The van der Waals surface area contributed by atoms with Gasteiger partial charge in [-0.2, -0.15) is 0 Å². The van der Waals surface area contributed by atoms with Gasteiger partial charge in [0.15, 0.2) is 5.13 Å². The molecule has 0 bridgehead atoms. The van der Waals surface area contributed by atoms with Crippen molar-refractivity contribution < 1.29 is 14.3 Å². The lowest BCUT2D eigenvalue weighted by molar-refractivity contribution is -0.121. The number of nitrogens with one attached hydrogen (secondary N) is 1. The minimum absolute atomic E-state index is 0.0320. The van der Waals surface area contributed by atoms with Gasteiger partial charge < -0.3 is 19.9 Å². The number of aryl methyl sites for hydroxylation is 1. The van der Waals surface area contributed by atoms with Crippen molar-refractivity contribution in [3.63, 3.8) is 0 Å². The molecule has 3 rings (SSSR count). The van der Waals surface area contributed by atoms with Gasteiger partial charge in [-0.25, -0.2) is 4.98 Å². The second-order valence-electron chi connectivity index (χ2n) is 6.14. The summed E-state index contributed by atoms with van der Waals surface area (Å²) in [6.45, 7) is 4.20. The molecule has 26 heavy (non-hydrogen) atoms. The van der Waals surface area contributed by atoms with Crippen molar-refractivity contribution >= 4 is 34.0 Å². The highest BCUT2D eigenvalue weighted by molar-refractivity contribution is 7.17. The average molecular weight is 374 g/mol. The van der Waals surface area contributed by atoms with Crippen LogP contribution in [0.25, 0.3) is 0 Å². The van der Waals surface area contributed by atoms with E-state index in [1.54, 1.807) is 24.0 Å². The minimum atomic E-state index is -0.151. The van der Waals surface area contributed by atoms with E-state index in [1.807, 2.05) is 38.1 Å². The molecule has 0 spiro atoms. The zero-order valence-corrected chi connectivity index (χ0v) is 16.1. The lowest BCUT2D eigenvalue weighted by Crippen LogP contribution is -2.57. The van der Waals surface area contributed by atoms with E-state index < -0.39 is 0 Å². The quantitative estimate of drug-likeness (QED) is 0.889. The van der Waals surface area contributed by atoms with Gasteiger partial charge in [0.2, 0.25) is 5.91 Å². The molecule has 0 aliphatic carbocycles. The van der Waals surface area contributed by atoms with Crippen LogP contribution in [0, 0.1) is 6.92 Å². The second kappa shape index (κ2) is 7.33. The molecule has 1 N–H and O–H groups in total. The van der Waals surface area contributed by atoms with Crippen LogP contribution in [-0.4, -0.2) is 55.0 Å². The number of anilines is 2. The number of carbonyl (C=O) groups is 2. The highest BCUT2D eigenvalue weighted by Gasteiger charge is 2.35. The van der Waals surface area contributed by atoms with Crippen LogP contribution < -0.4 is 15.0 Å². The largest absolute Gasteiger partial charge is 0.495 e. The molecule has 1 aliphatic heterocycles. The molecule has 0 saturated carbocycles. The van der Waals surface area contributed by atoms with Gasteiger partial charge in [0.05, 0.1) is 18.5 Å². The summed E-state index contributed by atoms with van der Waals surface area (Å²) in [6.07, 6.45) is 0. The summed E-state index contributed by atoms with van der Waals surface area (Å²) >= 11 is 1.31. The summed E-state index contributed by atoms with van der Waals surface area (Å²) in [5.41, 5.74) is 1.40. The molecule has 2 heterocycles. The number of hydrogen-bond donors (Lipinski definition) is 1. The van der Waals surface area contributed by atoms with Crippen LogP contribution in [-0.2, 0) is 4.79 Å². The number of benzene rings is 1. The monoisotopic (exact) mass is 374 g/mol. The average Bonchev–Trinajstić information content (AvgIpc) is 3.03. The van der Waals surface area contributed by atoms with Crippen molar-refractivity contribution in [3.8, 4) is 5.75 Å². The number of hydrogen-bond acceptors (Lipinski definition) is 6. The number of ether oxygens (including phenoxy) is 1.